The van der Waals surface area contributed by atoms with Crippen molar-refractivity contribution in [2.45, 2.75) is 32.7 Å². The van der Waals surface area contributed by atoms with Crippen molar-refractivity contribution in [3.05, 3.63) is 54.1 Å². The number of urea groups is 1. The van der Waals surface area contributed by atoms with E-state index in [1.165, 1.54) is 0 Å². The second-order valence-electron chi connectivity index (χ2n) is 6.18. The van der Waals surface area contributed by atoms with Crippen LogP contribution in [0, 0.1) is 0 Å². The Morgan fingerprint density at radius 1 is 1.15 bits per heavy atom. The standard InChI is InChI=1S/C21H28N2O3/c1-5-6-14-26-20-15-18(12-13-19(20)25-4)23(3)21(24)22-16(2)17-10-8-7-9-11-17/h7-13,15-16H,5-6,14H2,1-4H3,(H,22,24). The molecule has 0 saturated heterocycles. The summed E-state index contributed by atoms with van der Waals surface area (Å²) in [6.07, 6.45) is 2.03. The summed E-state index contributed by atoms with van der Waals surface area (Å²) >= 11 is 0. The summed E-state index contributed by atoms with van der Waals surface area (Å²) in [4.78, 5) is 14.2. The third-order valence-electron chi connectivity index (χ3n) is 4.23. The Morgan fingerprint density at radius 3 is 2.54 bits per heavy atom. The summed E-state index contributed by atoms with van der Waals surface area (Å²) in [6, 6.07) is 15.1. The van der Waals surface area contributed by atoms with Crippen LogP contribution in [0.1, 0.15) is 38.3 Å². The average molecular weight is 356 g/mol. The number of nitrogens with zero attached hydrogens (tertiary/aromatic N) is 1. The number of methoxy groups -OCH3 is 1. The number of amides is 2. The number of benzene rings is 2. The van der Waals surface area contributed by atoms with Gasteiger partial charge in [0.25, 0.3) is 0 Å². The predicted molar refractivity (Wildman–Crippen MR) is 105 cm³/mol. The highest BCUT2D eigenvalue weighted by molar-refractivity contribution is 5.92. The molecule has 1 atom stereocenters. The number of rotatable bonds is 8. The van der Waals surface area contributed by atoms with Crippen LogP contribution in [0.3, 0.4) is 0 Å². The van der Waals surface area contributed by atoms with Gasteiger partial charge in [-0.25, -0.2) is 4.79 Å². The van der Waals surface area contributed by atoms with E-state index in [2.05, 4.69) is 12.2 Å². The van der Waals surface area contributed by atoms with Crippen LogP contribution in [0.2, 0.25) is 0 Å². The molecule has 26 heavy (non-hydrogen) atoms. The van der Waals surface area contributed by atoms with Gasteiger partial charge >= 0.3 is 6.03 Å². The fourth-order valence-electron chi connectivity index (χ4n) is 2.54. The molecule has 0 saturated carbocycles. The first-order valence-corrected chi connectivity index (χ1v) is 8.96. The lowest BCUT2D eigenvalue weighted by Gasteiger charge is -2.22. The van der Waals surface area contributed by atoms with Gasteiger partial charge in [-0.05, 0) is 31.0 Å². The Bertz CT molecular complexity index is 704. The van der Waals surface area contributed by atoms with Crippen molar-refractivity contribution in [2.75, 3.05) is 25.7 Å². The summed E-state index contributed by atoms with van der Waals surface area (Å²) in [6.45, 7) is 4.70. The van der Waals surface area contributed by atoms with Crippen molar-refractivity contribution in [1.29, 1.82) is 0 Å². The number of unbranched alkanes of at least 4 members (excludes halogenated alkanes) is 1. The lowest BCUT2D eigenvalue weighted by Crippen LogP contribution is -2.38. The molecule has 140 valence electrons. The molecule has 0 heterocycles. The molecule has 5 heteroatoms. The van der Waals surface area contributed by atoms with E-state index >= 15 is 0 Å². The maximum Gasteiger partial charge on any atom is 0.322 e. The third kappa shape index (κ3) is 5.15. The van der Waals surface area contributed by atoms with Gasteiger partial charge in [0.2, 0.25) is 0 Å². The van der Waals surface area contributed by atoms with Crippen molar-refractivity contribution >= 4 is 11.7 Å². The molecule has 0 spiro atoms. The van der Waals surface area contributed by atoms with Crippen LogP contribution >= 0.6 is 0 Å². The molecule has 0 aliphatic heterocycles. The van der Waals surface area contributed by atoms with Crippen LogP contribution in [0.5, 0.6) is 11.5 Å². The van der Waals surface area contributed by atoms with E-state index in [4.69, 9.17) is 9.47 Å². The Hall–Kier alpha value is -2.69. The smallest absolute Gasteiger partial charge is 0.322 e. The lowest BCUT2D eigenvalue weighted by molar-refractivity contribution is 0.244. The fourth-order valence-corrected chi connectivity index (χ4v) is 2.54. The maximum absolute atomic E-state index is 12.6. The van der Waals surface area contributed by atoms with Gasteiger partial charge in [-0.15, -0.1) is 0 Å². The van der Waals surface area contributed by atoms with Crippen molar-refractivity contribution in [3.63, 3.8) is 0 Å². The van der Waals surface area contributed by atoms with E-state index in [-0.39, 0.29) is 12.1 Å². The van der Waals surface area contributed by atoms with Gasteiger partial charge in [0.05, 0.1) is 19.8 Å². The first kappa shape index (κ1) is 19.6. The van der Waals surface area contributed by atoms with E-state index < -0.39 is 0 Å². The molecule has 1 unspecified atom stereocenters. The molecule has 2 rings (SSSR count). The first-order chi connectivity index (χ1) is 12.6. The molecular weight excluding hydrogens is 328 g/mol. The number of carbonyl (C=O) groups is 1. The molecule has 0 aromatic heterocycles. The van der Waals surface area contributed by atoms with E-state index in [9.17, 15) is 4.79 Å². The molecule has 0 fully saturated rings. The number of anilines is 1. The highest BCUT2D eigenvalue weighted by Gasteiger charge is 2.16. The van der Waals surface area contributed by atoms with Gasteiger partial charge in [-0.1, -0.05) is 43.7 Å². The first-order valence-electron chi connectivity index (χ1n) is 8.96. The highest BCUT2D eigenvalue weighted by Crippen LogP contribution is 2.32. The molecule has 0 aliphatic rings. The lowest BCUT2D eigenvalue weighted by atomic mass is 10.1. The molecule has 2 aromatic rings. The molecule has 2 amide bonds. The van der Waals surface area contributed by atoms with Crippen LogP contribution in [-0.4, -0.2) is 26.8 Å². The summed E-state index contributed by atoms with van der Waals surface area (Å²) < 4.78 is 11.2. The number of ether oxygens (including phenoxy) is 2. The summed E-state index contributed by atoms with van der Waals surface area (Å²) in [7, 11) is 3.35. The maximum atomic E-state index is 12.6. The van der Waals surface area contributed by atoms with Crippen molar-refractivity contribution < 1.29 is 14.3 Å². The molecule has 1 N–H and O–H groups in total. The molecule has 5 nitrogen and oxygen atoms in total. The average Bonchev–Trinajstić information content (AvgIpc) is 2.68. The van der Waals surface area contributed by atoms with Gasteiger partial charge in [-0.2, -0.15) is 0 Å². The minimum Gasteiger partial charge on any atom is -0.493 e. The number of hydrogen-bond donors (Lipinski definition) is 1. The quantitative estimate of drug-likeness (QED) is 0.693. The van der Waals surface area contributed by atoms with Crippen molar-refractivity contribution in [3.8, 4) is 11.5 Å². The molecule has 2 aromatic carbocycles. The zero-order chi connectivity index (χ0) is 18.9. The predicted octanol–water partition coefficient (Wildman–Crippen LogP) is 4.78. The summed E-state index contributed by atoms with van der Waals surface area (Å²) in [5, 5.41) is 3.01. The topological polar surface area (TPSA) is 50.8 Å². The minimum absolute atomic E-state index is 0.0790. The van der Waals surface area contributed by atoms with Crippen LogP contribution in [0.15, 0.2) is 48.5 Å². The number of hydrogen-bond acceptors (Lipinski definition) is 3. The van der Waals surface area contributed by atoms with Crippen molar-refractivity contribution in [1.82, 2.24) is 5.32 Å². The summed E-state index contributed by atoms with van der Waals surface area (Å²) in [5.74, 6) is 1.31. The Balaban J connectivity index is 2.08. The Kier molecular flexibility index (Phi) is 7.33. The minimum atomic E-state index is -0.175. The van der Waals surface area contributed by atoms with Gasteiger partial charge in [0.1, 0.15) is 0 Å². The van der Waals surface area contributed by atoms with Crippen LogP contribution < -0.4 is 19.7 Å². The molecular formula is C21H28N2O3. The Morgan fingerprint density at radius 2 is 1.88 bits per heavy atom. The van der Waals surface area contributed by atoms with Crippen LogP contribution in [0.25, 0.3) is 0 Å². The van der Waals surface area contributed by atoms with E-state index in [0.29, 0.717) is 18.1 Å². The molecule has 0 radical (unpaired) electrons. The van der Waals surface area contributed by atoms with Gasteiger partial charge in [0, 0.05) is 18.8 Å². The van der Waals surface area contributed by atoms with E-state index in [1.54, 1.807) is 19.1 Å². The van der Waals surface area contributed by atoms with Gasteiger partial charge in [-0.3, -0.25) is 4.90 Å². The van der Waals surface area contributed by atoms with Crippen molar-refractivity contribution in [2.24, 2.45) is 0 Å². The number of nitrogens with one attached hydrogen (secondary N) is 1. The molecule has 0 aliphatic carbocycles. The monoisotopic (exact) mass is 356 g/mol. The van der Waals surface area contributed by atoms with Gasteiger partial charge < -0.3 is 14.8 Å². The fraction of sp³-hybridized carbons (Fsp3) is 0.381. The SMILES string of the molecule is CCCCOc1cc(N(C)C(=O)NC(C)c2ccccc2)ccc1OC. The largest absolute Gasteiger partial charge is 0.493 e. The highest BCUT2D eigenvalue weighted by atomic mass is 16.5. The zero-order valence-corrected chi connectivity index (χ0v) is 16.0. The zero-order valence-electron chi connectivity index (χ0n) is 16.0. The summed E-state index contributed by atoms with van der Waals surface area (Å²) in [5.41, 5.74) is 1.81. The second kappa shape index (κ2) is 9.70. The van der Waals surface area contributed by atoms with E-state index in [0.717, 1.165) is 24.1 Å². The van der Waals surface area contributed by atoms with E-state index in [1.807, 2.05) is 55.5 Å². The third-order valence-corrected chi connectivity index (χ3v) is 4.23. The molecule has 0 bridgehead atoms. The number of carbonyl (C=O) groups excluding carboxylic acids is 1. The Labute approximate surface area is 155 Å². The van der Waals surface area contributed by atoms with Crippen LogP contribution in [0.4, 0.5) is 10.5 Å². The van der Waals surface area contributed by atoms with Gasteiger partial charge in [0.15, 0.2) is 11.5 Å². The normalized spacial score (nSPS) is 11.5. The second-order valence-corrected chi connectivity index (χ2v) is 6.18. The van der Waals surface area contributed by atoms with Crippen LogP contribution in [-0.2, 0) is 0 Å².